The van der Waals surface area contributed by atoms with Crippen molar-refractivity contribution in [3.8, 4) is 0 Å². The van der Waals surface area contributed by atoms with Gasteiger partial charge in [0.05, 0.1) is 12.2 Å². The summed E-state index contributed by atoms with van der Waals surface area (Å²) < 4.78 is 29.3. The van der Waals surface area contributed by atoms with Crippen LogP contribution in [0, 0.1) is 0 Å². The summed E-state index contributed by atoms with van der Waals surface area (Å²) in [7, 11) is 1.73. The molecule has 156 valence electrons. The molecule has 0 unspecified atom stereocenters. The molecule has 9 nitrogen and oxygen atoms in total. The van der Waals surface area contributed by atoms with Crippen LogP contribution >= 0.6 is 22.6 Å². The van der Waals surface area contributed by atoms with Gasteiger partial charge in [-0.15, -0.1) is 0 Å². The van der Waals surface area contributed by atoms with E-state index in [2.05, 4.69) is 0 Å². The van der Waals surface area contributed by atoms with Crippen molar-refractivity contribution in [2.24, 2.45) is 0 Å². The van der Waals surface area contributed by atoms with Crippen LogP contribution in [-0.4, -0.2) is 57.6 Å². The minimum atomic E-state index is -1.85. The second kappa shape index (κ2) is 9.05. The van der Waals surface area contributed by atoms with E-state index in [0.717, 1.165) is 10.8 Å². The number of hydrogen-bond donors (Lipinski definition) is 1. The van der Waals surface area contributed by atoms with Crippen molar-refractivity contribution in [3.63, 3.8) is 0 Å². The van der Waals surface area contributed by atoms with Crippen LogP contribution < -0.4 is 11.2 Å². The van der Waals surface area contributed by atoms with E-state index in [-0.39, 0.29) is 12.0 Å². The van der Waals surface area contributed by atoms with Gasteiger partial charge in [0.1, 0.15) is 6.10 Å². The predicted octanol–water partition coefficient (Wildman–Crippen LogP) is 0.758. The third kappa shape index (κ3) is 4.07. The van der Waals surface area contributed by atoms with Gasteiger partial charge in [-0.25, -0.2) is 9.18 Å². The van der Waals surface area contributed by atoms with Gasteiger partial charge >= 0.3 is 5.69 Å². The first kappa shape index (κ1) is 21.5. The quantitative estimate of drug-likeness (QED) is 0.438. The summed E-state index contributed by atoms with van der Waals surface area (Å²) in [4.78, 5) is 37.6. The van der Waals surface area contributed by atoms with Crippen molar-refractivity contribution in [1.29, 1.82) is 0 Å². The summed E-state index contributed by atoms with van der Waals surface area (Å²) in [6.45, 7) is -0.545. The summed E-state index contributed by atoms with van der Waals surface area (Å²) in [5.74, 6) is 0.390. The van der Waals surface area contributed by atoms with Gasteiger partial charge in [-0.3, -0.25) is 14.2 Å². The lowest BCUT2D eigenvalue weighted by molar-refractivity contribution is -0.0572. The van der Waals surface area contributed by atoms with Crippen LogP contribution in [0.4, 0.5) is 4.39 Å². The highest BCUT2D eigenvalue weighted by Gasteiger charge is 2.48. The smallest absolute Gasteiger partial charge is 0.339 e. The standard InChI is InChI=1S/C18H19FIN3O6/c1-21-7-3-2-4-13(21)29-15-12(9-24)28-17(14(15)19)22-8-11(5-6-20)16(26)23(10-25)18(22)27/h3-8,10,12,14-15,17,24H,2,9H2,1H3/b6-5+/t12-,14-,15-,17-/m1/s1. The average Bonchev–Trinajstić information content (AvgIpc) is 3.02. The van der Waals surface area contributed by atoms with E-state index in [1.807, 2.05) is 28.7 Å². The number of aliphatic hydroxyl groups is 1. The SMILES string of the molecule is CN1C=CCC=C1O[C@H]1[C@@H](F)[C@H](n2cc(/C=C/I)c(=O)n(C=O)c2=O)O[C@@H]1CO. The van der Waals surface area contributed by atoms with Gasteiger partial charge in [0.2, 0.25) is 6.41 Å². The van der Waals surface area contributed by atoms with Crippen LogP contribution in [0.3, 0.4) is 0 Å². The minimum absolute atomic E-state index is 0.00618. The topological polar surface area (TPSA) is 103 Å². The number of ether oxygens (including phenoxy) is 2. The average molecular weight is 519 g/mol. The van der Waals surface area contributed by atoms with E-state index < -0.39 is 42.5 Å². The van der Waals surface area contributed by atoms with Crippen molar-refractivity contribution in [3.05, 3.63) is 60.9 Å². The van der Waals surface area contributed by atoms with Gasteiger partial charge in [-0.2, -0.15) is 4.57 Å². The molecule has 4 atom stereocenters. The van der Waals surface area contributed by atoms with E-state index in [4.69, 9.17) is 9.47 Å². The number of allylic oxidation sites excluding steroid dienone is 2. The first-order chi connectivity index (χ1) is 13.9. The summed E-state index contributed by atoms with van der Waals surface area (Å²) in [6.07, 6.45) is 3.00. The third-order valence-corrected chi connectivity index (χ3v) is 4.96. The van der Waals surface area contributed by atoms with Crippen LogP contribution in [-0.2, 0) is 14.3 Å². The molecule has 0 bridgehead atoms. The first-order valence-corrected chi connectivity index (χ1v) is 9.94. The summed E-state index contributed by atoms with van der Waals surface area (Å²) in [5, 5.41) is 9.64. The van der Waals surface area contributed by atoms with Gasteiger partial charge in [0.15, 0.2) is 24.4 Å². The van der Waals surface area contributed by atoms with Gasteiger partial charge in [0.25, 0.3) is 5.56 Å². The van der Waals surface area contributed by atoms with Gasteiger partial charge in [-0.1, -0.05) is 28.7 Å². The molecule has 0 aliphatic carbocycles. The van der Waals surface area contributed by atoms with Crippen LogP contribution in [0.25, 0.3) is 6.08 Å². The van der Waals surface area contributed by atoms with Crippen LogP contribution in [0.5, 0.6) is 0 Å². The lowest BCUT2D eigenvalue weighted by Crippen LogP contribution is -2.43. The first-order valence-electron chi connectivity index (χ1n) is 8.69. The zero-order valence-electron chi connectivity index (χ0n) is 15.4. The van der Waals surface area contributed by atoms with Crippen LogP contribution in [0.1, 0.15) is 18.2 Å². The zero-order valence-corrected chi connectivity index (χ0v) is 17.5. The third-order valence-electron chi connectivity index (χ3n) is 4.60. The molecule has 29 heavy (non-hydrogen) atoms. The van der Waals surface area contributed by atoms with E-state index in [1.165, 1.54) is 10.2 Å². The molecule has 2 aliphatic heterocycles. The fourth-order valence-corrected chi connectivity index (χ4v) is 3.54. The van der Waals surface area contributed by atoms with E-state index in [0.29, 0.717) is 16.9 Å². The molecule has 3 rings (SSSR count). The molecule has 1 N–H and O–H groups in total. The molecule has 11 heteroatoms. The van der Waals surface area contributed by atoms with Crippen molar-refractivity contribution in [2.75, 3.05) is 13.7 Å². The number of carbonyl (C=O) groups excluding carboxylic acids is 1. The molecule has 1 saturated heterocycles. The lowest BCUT2D eigenvalue weighted by Gasteiger charge is -2.27. The molecule has 0 saturated carbocycles. The number of aromatic nitrogens is 2. The van der Waals surface area contributed by atoms with Crippen LogP contribution in [0.15, 0.2) is 44.1 Å². The molecule has 0 aromatic carbocycles. The minimum Gasteiger partial charge on any atom is -0.470 e. The number of nitrogens with zero attached hydrogens (tertiary/aromatic N) is 3. The van der Waals surface area contributed by atoms with Crippen molar-refractivity contribution in [1.82, 2.24) is 14.0 Å². The van der Waals surface area contributed by atoms with Gasteiger partial charge in [-0.05, 0) is 22.7 Å². The molecule has 0 radical (unpaired) electrons. The van der Waals surface area contributed by atoms with Crippen molar-refractivity contribution < 1.29 is 23.8 Å². The summed E-state index contributed by atoms with van der Waals surface area (Å²) in [5.41, 5.74) is -1.86. The number of aliphatic hydroxyl groups excluding tert-OH is 1. The Labute approximate surface area is 178 Å². The number of rotatable bonds is 6. The van der Waals surface area contributed by atoms with E-state index in [1.54, 1.807) is 24.2 Å². The highest BCUT2D eigenvalue weighted by atomic mass is 127. The second-order valence-electron chi connectivity index (χ2n) is 6.40. The predicted molar refractivity (Wildman–Crippen MR) is 111 cm³/mol. The molecule has 1 aromatic heterocycles. The Kier molecular flexibility index (Phi) is 6.70. The highest BCUT2D eigenvalue weighted by molar-refractivity contribution is 14.1. The van der Waals surface area contributed by atoms with Crippen LogP contribution in [0.2, 0.25) is 0 Å². The maximum atomic E-state index is 15.3. The zero-order chi connectivity index (χ0) is 21.1. The second-order valence-corrected chi connectivity index (χ2v) is 7.11. The molecule has 2 aliphatic rings. The highest BCUT2D eigenvalue weighted by Crippen LogP contribution is 2.34. The molecular weight excluding hydrogens is 500 g/mol. The van der Waals surface area contributed by atoms with Gasteiger partial charge < -0.3 is 19.5 Å². The fourth-order valence-electron chi connectivity index (χ4n) is 3.15. The summed E-state index contributed by atoms with van der Waals surface area (Å²) >= 11 is 1.87. The molecule has 0 amide bonds. The Morgan fingerprint density at radius 1 is 1.45 bits per heavy atom. The van der Waals surface area contributed by atoms with E-state index >= 15 is 4.39 Å². The largest absolute Gasteiger partial charge is 0.470 e. The van der Waals surface area contributed by atoms with Crippen molar-refractivity contribution in [2.45, 2.75) is 31.0 Å². The normalized spacial score (nSPS) is 26.8. The number of hydrogen-bond acceptors (Lipinski definition) is 7. The van der Waals surface area contributed by atoms with Gasteiger partial charge in [0, 0.05) is 19.4 Å². The summed E-state index contributed by atoms with van der Waals surface area (Å²) in [6, 6.07) is 0. The van der Waals surface area contributed by atoms with Crippen molar-refractivity contribution >= 4 is 35.1 Å². The molecule has 3 heterocycles. The molecule has 1 fully saturated rings. The molecule has 1 aromatic rings. The molecule has 0 spiro atoms. The Morgan fingerprint density at radius 3 is 2.83 bits per heavy atom. The number of carbonyl (C=O) groups is 1. The lowest BCUT2D eigenvalue weighted by atomic mass is 10.1. The Morgan fingerprint density at radius 2 is 2.21 bits per heavy atom. The Hall–Kier alpha value is -2.25. The number of alkyl halides is 1. The fraction of sp³-hybridized carbons (Fsp3) is 0.389. The Balaban J connectivity index is 1.99. The number of halogens is 2. The maximum Gasteiger partial charge on any atom is 0.339 e. The van der Waals surface area contributed by atoms with E-state index in [9.17, 15) is 19.5 Å². The monoisotopic (exact) mass is 519 g/mol. The Bertz CT molecular complexity index is 985. The maximum absolute atomic E-state index is 15.3. The molecular formula is C18H19FIN3O6.